The highest BCUT2D eigenvalue weighted by atomic mass is 31.1. The lowest BCUT2D eigenvalue weighted by Crippen LogP contribution is -2.38. The molecular formula is C52H64P2. The zero-order valence-corrected chi connectivity index (χ0v) is 36.0. The highest BCUT2D eigenvalue weighted by Crippen LogP contribution is 2.77. The highest BCUT2D eigenvalue weighted by molar-refractivity contribution is 7.63. The quantitative estimate of drug-likeness (QED) is 0.170. The van der Waals surface area contributed by atoms with E-state index in [2.05, 4.69) is 114 Å². The Labute approximate surface area is 330 Å². The van der Waals surface area contributed by atoms with Gasteiger partial charge in [0.25, 0.3) is 0 Å². The molecule has 0 bridgehead atoms. The Hall–Kier alpha value is -2.26. The first-order chi connectivity index (χ1) is 26.1. The Morgan fingerprint density at radius 2 is 1.04 bits per heavy atom. The number of rotatable bonds is 1. The molecule has 8 atom stereocenters. The summed E-state index contributed by atoms with van der Waals surface area (Å²) in [5.74, 6) is 2.53. The fourth-order valence-corrected chi connectivity index (χ4v) is 21.2. The Bertz CT molecular complexity index is 2070. The van der Waals surface area contributed by atoms with Crippen molar-refractivity contribution in [2.45, 2.75) is 158 Å². The zero-order valence-electron chi connectivity index (χ0n) is 34.2. The maximum absolute atomic E-state index is 2.80. The maximum Gasteiger partial charge on any atom is 0.0132 e. The molecule has 0 saturated carbocycles. The third-order valence-electron chi connectivity index (χ3n) is 15.4. The summed E-state index contributed by atoms with van der Waals surface area (Å²) in [7, 11) is -0.650. The third kappa shape index (κ3) is 5.88. The number of hydrogen-bond acceptors (Lipinski definition) is 0. The van der Waals surface area contributed by atoms with E-state index in [9.17, 15) is 0 Å². The van der Waals surface area contributed by atoms with E-state index in [-0.39, 0.29) is 26.2 Å². The molecule has 2 heterocycles. The molecule has 4 aromatic carbocycles. The molecule has 0 radical (unpaired) electrons. The predicted molar refractivity (Wildman–Crippen MR) is 235 cm³/mol. The molecule has 0 N–H and O–H groups in total. The normalized spacial score (nSPS) is 30.1. The molecule has 0 aromatic heterocycles. The van der Waals surface area contributed by atoms with Crippen LogP contribution in [0.25, 0.3) is 0 Å². The van der Waals surface area contributed by atoms with Gasteiger partial charge in [-0.05, 0) is 184 Å². The monoisotopic (exact) mass is 750 g/mol. The molecule has 54 heavy (non-hydrogen) atoms. The molecule has 6 aliphatic rings. The number of aryl methyl sites for hydroxylation is 4. The molecule has 0 nitrogen and oxygen atoms in total. The Kier molecular flexibility index (Phi) is 9.16. The topological polar surface area (TPSA) is 0 Å². The minimum atomic E-state index is -0.338. The molecule has 0 saturated heterocycles. The van der Waals surface area contributed by atoms with Gasteiger partial charge in [-0.15, -0.1) is 0 Å². The van der Waals surface area contributed by atoms with Crippen LogP contribution in [-0.2, 0) is 44.7 Å². The molecule has 4 aromatic rings. The minimum Gasteiger partial charge on any atom is -0.0925 e. The first kappa shape index (κ1) is 36.1. The van der Waals surface area contributed by atoms with Gasteiger partial charge in [-0.2, -0.15) is 0 Å². The summed E-state index contributed by atoms with van der Waals surface area (Å²) in [4.78, 5) is 0. The third-order valence-corrected chi connectivity index (χ3v) is 23.3. The summed E-state index contributed by atoms with van der Waals surface area (Å²) in [6, 6.07) is 30.3. The fraction of sp³-hybridized carbons (Fsp3) is 0.538. The average Bonchev–Trinajstić information content (AvgIpc) is 3.43. The van der Waals surface area contributed by atoms with E-state index in [0.29, 0.717) is 29.1 Å². The van der Waals surface area contributed by atoms with Crippen LogP contribution in [0.2, 0.25) is 0 Å². The zero-order chi connectivity index (χ0) is 36.9. The van der Waals surface area contributed by atoms with E-state index in [4.69, 9.17) is 0 Å². The molecule has 0 spiro atoms. The highest BCUT2D eigenvalue weighted by Gasteiger charge is 2.55. The van der Waals surface area contributed by atoms with Crippen LogP contribution in [-0.4, -0.2) is 22.1 Å². The van der Waals surface area contributed by atoms with Crippen LogP contribution in [0.3, 0.4) is 0 Å². The van der Waals surface area contributed by atoms with Gasteiger partial charge in [0.1, 0.15) is 0 Å². The van der Waals surface area contributed by atoms with Crippen LogP contribution in [0.15, 0.2) is 72.8 Å². The van der Waals surface area contributed by atoms with E-state index in [1.165, 1.54) is 89.4 Å². The van der Waals surface area contributed by atoms with Crippen LogP contribution in [0.4, 0.5) is 0 Å². The van der Waals surface area contributed by atoms with E-state index < -0.39 is 0 Å². The summed E-state index contributed by atoms with van der Waals surface area (Å²) in [5.41, 5.74) is 22.3. The van der Waals surface area contributed by atoms with Gasteiger partial charge in [0.2, 0.25) is 0 Å². The lowest BCUT2D eigenvalue weighted by molar-refractivity contribution is 0.381. The Morgan fingerprint density at radius 1 is 0.481 bits per heavy atom. The smallest absolute Gasteiger partial charge is 0.0132 e. The van der Waals surface area contributed by atoms with Gasteiger partial charge in [-0.25, -0.2) is 0 Å². The Morgan fingerprint density at radius 3 is 1.70 bits per heavy atom. The standard InChI is InChI=1S/C52H64P2/c1-51(2,3)53-31-37-25-23-33-15-7-11-19-39(33)45(37)47-41-21-13-9-17-35(41)27-29-43(47)49(53)50-44-30-28-36-18-10-14-22-42(36)48(44)46-38(32-54(50)52(4,5)6)26-24-34-16-8-12-20-40(34)46/h7,10-11,14-15,18-19,22,24,26-27,29,37,44-45,48-50H,8-9,12-13,16-17,20-21,23,25,28,30-32H2,1-6H3/t37-,44+,45?,48?,49?,50-,53-,54-/m0/s1. The van der Waals surface area contributed by atoms with Gasteiger partial charge in [0.05, 0.1) is 0 Å². The van der Waals surface area contributed by atoms with Crippen LogP contribution in [0, 0.1) is 11.8 Å². The molecule has 3 unspecified atom stereocenters. The van der Waals surface area contributed by atoms with Crippen molar-refractivity contribution in [2.24, 2.45) is 11.8 Å². The second-order valence-electron chi connectivity index (χ2n) is 20.3. The fourth-order valence-electron chi connectivity index (χ4n) is 13.1. The maximum atomic E-state index is 2.80. The molecule has 2 aliphatic heterocycles. The van der Waals surface area contributed by atoms with Gasteiger partial charge in [-0.1, -0.05) is 130 Å². The minimum absolute atomic E-state index is 0.276. The molecule has 2 heteroatoms. The molecule has 4 aliphatic carbocycles. The van der Waals surface area contributed by atoms with Gasteiger partial charge in [-0.3, -0.25) is 0 Å². The van der Waals surface area contributed by atoms with Crippen molar-refractivity contribution in [3.05, 3.63) is 140 Å². The van der Waals surface area contributed by atoms with Gasteiger partial charge >= 0.3 is 0 Å². The number of hydrogen-bond donors (Lipinski definition) is 0. The molecule has 0 amide bonds. The van der Waals surface area contributed by atoms with Crippen molar-refractivity contribution in [3.8, 4) is 0 Å². The van der Waals surface area contributed by atoms with Crippen LogP contribution < -0.4 is 0 Å². The van der Waals surface area contributed by atoms with Gasteiger partial charge in [0.15, 0.2) is 0 Å². The lowest BCUT2D eigenvalue weighted by Gasteiger charge is -2.52. The molecule has 282 valence electrons. The first-order valence-corrected chi connectivity index (χ1v) is 25.2. The van der Waals surface area contributed by atoms with Crippen molar-refractivity contribution in [1.82, 2.24) is 0 Å². The van der Waals surface area contributed by atoms with Crippen LogP contribution >= 0.6 is 15.8 Å². The van der Waals surface area contributed by atoms with E-state index in [0.717, 1.165) is 5.92 Å². The van der Waals surface area contributed by atoms with Crippen molar-refractivity contribution in [1.29, 1.82) is 0 Å². The van der Waals surface area contributed by atoms with Crippen LogP contribution in [0.1, 0.15) is 164 Å². The summed E-state index contributed by atoms with van der Waals surface area (Å²) in [5, 5.41) is 0.566. The largest absolute Gasteiger partial charge is 0.0925 e. The lowest BCUT2D eigenvalue weighted by atomic mass is 9.65. The summed E-state index contributed by atoms with van der Waals surface area (Å²) < 4.78 is 0. The van der Waals surface area contributed by atoms with E-state index in [1.807, 2.05) is 16.7 Å². The van der Waals surface area contributed by atoms with Gasteiger partial charge in [0, 0.05) is 17.5 Å². The molecular weight excluding hydrogens is 687 g/mol. The molecule has 10 rings (SSSR count). The predicted octanol–water partition coefficient (Wildman–Crippen LogP) is 14.0. The number of fused-ring (bicyclic) bond motifs is 14. The van der Waals surface area contributed by atoms with Crippen molar-refractivity contribution < 1.29 is 0 Å². The van der Waals surface area contributed by atoms with Crippen molar-refractivity contribution >= 4 is 15.8 Å². The Balaban J connectivity index is 1.27. The van der Waals surface area contributed by atoms with Gasteiger partial charge < -0.3 is 0 Å². The SMILES string of the molecule is CC(C)(C)[P@@]1C[C@@H]2CCc3ccccc3C2c2c(ccc3c2CCCC3)C1[C@@H]1[C@@H]2CCc3ccccc3C2c2c(ccc3c2CCCC3)C[P@]1C(C)(C)C. The number of benzene rings is 4. The summed E-state index contributed by atoms with van der Waals surface area (Å²) in [6.07, 6.45) is 18.6. The molecule has 0 fully saturated rings. The van der Waals surface area contributed by atoms with Crippen molar-refractivity contribution in [2.75, 3.05) is 6.16 Å². The van der Waals surface area contributed by atoms with Crippen LogP contribution in [0.5, 0.6) is 0 Å². The van der Waals surface area contributed by atoms with E-state index in [1.54, 1.807) is 50.1 Å². The summed E-state index contributed by atoms with van der Waals surface area (Å²) >= 11 is 0. The first-order valence-electron chi connectivity index (χ1n) is 22.0. The summed E-state index contributed by atoms with van der Waals surface area (Å²) in [6.45, 7) is 16.0. The van der Waals surface area contributed by atoms with Crippen molar-refractivity contribution in [3.63, 3.8) is 0 Å². The average molecular weight is 751 g/mol. The second-order valence-corrected chi connectivity index (χ2v) is 26.7. The van der Waals surface area contributed by atoms with E-state index >= 15 is 0 Å². The second kappa shape index (κ2) is 13.7.